The van der Waals surface area contributed by atoms with Gasteiger partial charge in [-0.05, 0) is 12.8 Å². The van der Waals surface area contributed by atoms with Crippen LogP contribution in [0.3, 0.4) is 0 Å². The predicted molar refractivity (Wildman–Crippen MR) is 70.3 cm³/mol. The van der Waals surface area contributed by atoms with Crippen molar-refractivity contribution in [3.63, 3.8) is 0 Å². The van der Waals surface area contributed by atoms with Crippen molar-refractivity contribution in [2.24, 2.45) is 11.7 Å². The van der Waals surface area contributed by atoms with Gasteiger partial charge in [-0.2, -0.15) is 4.31 Å². The zero-order valence-electron chi connectivity index (χ0n) is 11.1. The molecular formula is C11H25N3O2S. The van der Waals surface area contributed by atoms with Crippen LogP contribution in [-0.2, 0) is 10.0 Å². The zero-order valence-corrected chi connectivity index (χ0v) is 11.9. The third-order valence-electron chi connectivity index (χ3n) is 3.15. The van der Waals surface area contributed by atoms with Gasteiger partial charge in [-0.1, -0.05) is 13.8 Å². The largest absolute Gasteiger partial charge is 0.329 e. The van der Waals surface area contributed by atoms with Gasteiger partial charge in [-0.15, -0.1) is 0 Å². The number of sulfonamides is 1. The molecule has 1 fully saturated rings. The molecule has 1 aliphatic heterocycles. The molecule has 1 aliphatic rings. The van der Waals surface area contributed by atoms with Crippen molar-refractivity contribution in [2.45, 2.75) is 26.0 Å². The van der Waals surface area contributed by atoms with Gasteiger partial charge in [-0.3, -0.25) is 0 Å². The van der Waals surface area contributed by atoms with Crippen LogP contribution in [0.15, 0.2) is 0 Å². The molecule has 2 N–H and O–H groups in total. The van der Waals surface area contributed by atoms with Gasteiger partial charge >= 0.3 is 0 Å². The van der Waals surface area contributed by atoms with Gasteiger partial charge < -0.3 is 10.6 Å². The van der Waals surface area contributed by atoms with Crippen LogP contribution < -0.4 is 5.73 Å². The van der Waals surface area contributed by atoms with Crippen LogP contribution >= 0.6 is 0 Å². The maximum atomic E-state index is 12.1. The van der Waals surface area contributed by atoms with Gasteiger partial charge in [0.15, 0.2) is 0 Å². The molecule has 1 unspecified atom stereocenters. The van der Waals surface area contributed by atoms with E-state index in [1.54, 1.807) is 11.2 Å². The molecule has 0 saturated carbocycles. The highest BCUT2D eigenvalue weighted by Crippen LogP contribution is 2.12. The van der Waals surface area contributed by atoms with E-state index in [0.717, 1.165) is 19.6 Å². The molecule has 5 nitrogen and oxygen atoms in total. The van der Waals surface area contributed by atoms with Crippen LogP contribution in [0.25, 0.3) is 0 Å². The normalized spacial score (nSPS) is 21.9. The fourth-order valence-electron chi connectivity index (χ4n) is 2.06. The van der Waals surface area contributed by atoms with Crippen molar-refractivity contribution < 1.29 is 8.42 Å². The lowest BCUT2D eigenvalue weighted by Gasteiger charge is -2.35. The summed E-state index contributed by atoms with van der Waals surface area (Å²) in [5.74, 6) is 0.626. The molecule has 102 valence electrons. The Labute approximate surface area is 105 Å². The van der Waals surface area contributed by atoms with E-state index >= 15 is 0 Å². The summed E-state index contributed by atoms with van der Waals surface area (Å²) in [7, 11) is -3.18. The first-order valence-corrected chi connectivity index (χ1v) is 7.79. The molecule has 17 heavy (non-hydrogen) atoms. The number of hydrogen-bond donors (Lipinski definition) is 1. The van der Waals surface area contributed by atoms with Crippen molar-refractivity contribution in [1.82, 2.24) is 9.21 Å². The van der Waals surface area contributed by atoms with Crippen molar-refractivity contribution in [3.8, 4) is 0 Å². The summed E-state index contributed by atoms with van der Waals surface area (Å²) in [4.78, 5) is 2.32. The Balaban J connectivity index is 2.52. The van der Waals surface area contributed by atoms with Gasteiger partial charge in [0.2, 0.25) is 10.0 Å². The Bertz CT molecular complexity index is 322. The molecule has 0 aromatic heterocycles. The first-order chi connectivity index (χ1) is 7.87. The molecule has 0 spiro atoms. The summed E-state index contributed by atoms with van der Waals surface area (Å²) < 4.78 is 25.7. The Morgan fingerprint density at radius 1 is 1.12 bits per heavy atom. The van der Waals surface area contributed by atoms with Gasteiger partial charge in [0, 0.05) is 39.3 Å². The molecule has 0 bridgehead atoms. The standard InChI is InChI=1S/C11H25N3O2S/c1-10(2)9-13-4-6-14(7-5-13)17(15,16)11(3)8-12/h10-11H,4-9,12H2,1-3H3. The van der Waals surface area contributed by atoms with E-state index in [0.29, 0.717) is 19.0 Å². The minimum absolute atomic E-state index is 0.189. The summed E-state index contributed by atoms with van der Waals surface area (Å²) in [5.41, 5.74) is 5.44. The quantitative estimate of drug-likeness (QED) is 0.754. The second-order valence-corrected chi connectivity index (χ2v) is 7.54. The summed E-state index contributed by atoms with van der Waals surface area (Å²) in [6.45, 7) is 10.1. The SMILES string of the molecule is CC(C)CN1CCN(S(=O)(=O)C(C)CN)CC1. The second-order valence-electron chi connectivity index (χ2n) is 5.18. The van der Waals surface area contributed by atoms with E-state index in [2.05, 4.69) is 18.7 Å². The van der Waals surface area contributed by atoms with Crippen LogP contribution in [0.5, 0.6) is 0 Å². The Morgan fingerprint density at radius 2 is 1.65 bits per heavy atom. The molecule has 0 radical (unpaired) electrons. The number of piperazine rings is 1. The first kappa shape index (κ1) is 14.9. The van der Waals surface area contributed by atoms with Crippen molar-refractivity contribution >= 4 is 10.0 Å². The molecule has 1 saturated heterocycles. The van der Waals surface area contributed by atoms with E-state index in [9.17, 15) is 8.42 Å². The molecule has 0 aromatic rings. The number of nitrogens with zero attached hydrogens (tertiary/aromatic N) is 2. The molecule has 1 atom stereocenters. The van der Waals surface area contributed by atoms with Crippen molar-refractivity contribution in [3.05, 3.63) is 0 Å². The van der Waals surface area contributed by atoms with Crippen LogP contribution in [-0.4, -0.2) is 62.1 Å². The van der Waals surface area contributed by atoms with E-state index in [1.165, 1.54) is 0 Å². The molecule has 6 heteroatoms. The van der Waals surface area contributed by atoms with Crippen LogP contribution in [0, 0.1) is 5.92 Å². The highest BCUT2D eigenvalue weighted by atomic mass is 32.2. The van der Waals surface area contributed by atoms with Gasteiger partial charge in [0.25, 0.3) is 0 Å². The van der Waals surface area contributed by atoms with Crippen LogP contribution in [0.4, 0.5) is 0 Å². The molecular weight excluding hydrogens is 238 g/mol. The summed E-state index contributed by atoms with van der Waals surface area (Å²) >= 11 is 0. The highest BCUT2D eigenvalue weighted by molar-refractivity contribution is 7.89. The highest BCUT2D eigenvalue weighted by Gasteiger charge is 2.30. The minimum Gasteiger partial charge on any atom is -0.329 e. The molecule has 1 heterocycles. The average Bonchev–Trinajstić information content (AvgIpc) is 2.27. The van der Waals surface area contributed by atoms with E-state index in [4.69, 9.17) is 5.73 Å². The average molecular weight is 263 g/mol. The Hall–Kier alpha value is -0.170. The lowest BCUT2D eigenvalue weighted by molar-refractivity contribution is 0.171. The van der Waals surface area contributed by atoms with Crippen LogP contribution in [0.1, 0.15) is 20.8 Å². The van der Waals surface area contributed by atoms with Crippen molar-refractivity contribution in [2.75, 3.05) is 39.3 Å². The smallest absolute Gasteiger partial charge is 0.218 e. The fourth-order valence-corrected chi connectivity index (χ4v) is 3.48. The monoisotopic (exact) mass is 263 g/mol. The summed E-state index contributed by atoms with van der Waals surface area (Å²) in [5, 5.41) is -0.473. The molecule has 1 rings (SSSR count). The van der Waals surface area contributed by atoms with Gasteiger partial charge in [0.1, 0.15) is 0 Å². The molecule has 0 amide bonds. The van der Waals surface area contributed by atoms with Crippen LogP contribution in [0.2, 0.25) is 0 Å². The van der Waals surface area contributed by atoms with E-state index < -0.39 is 15.3 Å². The minimum atomic E-state index is -3.18. The molecule has 0 aromatic carbocycles. The van der Waals surface area contributed by atoms with E-state index in [1.807, 2.05) is 0 Å². The lowest BCUT2D eigenvalue weighted by Crippen LogP contribution is -2.52. The van der Waals surface area contributed by atoms with E-state index in [-0.39, 0.29) is 6.54 Å². The zero-order chi connectivity index (χ0) is 13.1. The Morgan fingerprint density at radius 3 is 2.06 bits per heavy atom. The maximum absolute atomic E-state index is 12.1. The first-order valence-electron chi connectivity index (χ1n) is 6.29. The predicted octanol–water partition coefficient (Wildman–Crippen LogP) is -0.0630. The third-order valence-corrected chi connectivity index (χ3v) is 5.45. The second kappa shape index (κ2) is 6.13. The van der Waals surface area contributed by atoms with Gasteiger partial charge in [0.05, 0.1) is 5.25 Å². The number of nitrogens with two attached hydrogens (primary N) is 1. The maximum Gasteiger partial charge on any atom is 0.218 e. The van der Waals surface area contributed by atoms with Gasteiger partial charge in [-0.25, -0.2) is 8.42 Å². The number of rotatable bonds is 5. The fraction of sp³-hybridized carbons (Fsp3) is 1.00. The summed E-state index contributed by atoms with van der Waals surface area (Å²) in [6.07, 6.45) is 0. The molecule has 0 aliphatic carbocycles. The van der Waals surface area contributed by atoms with Crippen molar-refractivity contribution in [1.29, 1.82) is 0 Å². The topological polar surface area (TPSA) is 66.6 Å². The number of hydrogen-bond acceptors (Lipinski definition) is 4. The third kappa shape index (κ3) is 3.91. The summed E-state index contributed by atoms with van der Waals surface area (Å²) in [6, 6.07) is 0. The Kier molecular flexibility index (Phi) is 5.37. The lowest BCUT2D eigenvalue weighted by atomic mass is 10.2.